The molecule has 3 nitrogen and oxygen atoms in total. The van der Waals surface area contributed by atoms with E-state index in [9.17, 15) is 14.7 Å². The van der Waals surface area contributed by atoms with Gasteiger partial charge in [-0.1, -0.05) is 148 Å². The third-order valence-corrected chi connectivity index (χ3v) is 10.6. The second-order valence-corrected chi connectivity index (χ2v) is 14.5. The second-order valence-electron chi connectivity index (χ2n) is 13.6. The summed E-state index contributed by atoms with van der Waals surface area (Å²) >= 11 is 12.1. The molecule has 2 aliphatic rings. The number of carbonyl (C=O) groups is 2. The Morgan fingerprint density at radius 2 is 0.939 bits per heavy atom. The van der Waals surface area contributed by atoms with Crippen molar-refractivity contribution in [1.29, 1.82) is 0 Å². The van der Waals surface area contributed by atoms with Crippen LogP contribution in [0.2, 0.25) is 10.0 Å². The maximum atomic E-state index is 11.8. The van der Waals surface area contributed by atoms with Crippen molar-refractivity contribution in [2.75, 3.05) is 0 Å². The number of carboxylic acid groups (broad SMARTS) is 1. The Morgan fingerprint density at radius 3 is 1.43 bits per heavy atom. The van der Waals surface area contributed by atoms with Crippen LogP contribution in [0.4, 0.5) is 0 Å². The maximum absolute atomic E-state index is 11.8. The van der Waals surface area contributed by atoms with E-state index in [1.807, 2.05) is 30.3 Å². The minimum Gasteiger partial charge on any atom is -0.478 e. The van der Waals surface area contributed by atoms with Crippen molar-refractivity contribution in [3.05, 3.63) is 165 Å². The molecule has 242 valence electrons. The lowest BCUT2D eigenvalue weighted by Gasteiger charge is -2.25. The average molecular weight is 682 g/mol. The van der Waals surface area contributed by atoms with Gasteiger partial charge >= 0.3 is 5.97 Å². The summed E-state index contributed by atoms with van der Waals surface area (Å²) in [5.74, 6) is -0.969. The molecule has 0 aliphatic heterocycles. The third-order valence-electron chi connectivity index (χ3n) is 10.1. The molecule has 0 radical (unpaired) electrons. The highest BCUT2D eigenvalue weighted by Crippen LogP contribution is 2.53. The Bertz CT molecular complexity index is 2310. The van der Waals surface area contributed by atoms with Crippen LogP contribution in [0.25, 0.3) is 44.5 Å². The summed E-state index contributed by atoms with van der Waals surface area (Å²) in [6, 6.07) is 40.0. The normalized spacial score (nSPS) is 14.1. The Morgan fingerprint density at radius 1 is 0.531 bits per heavy atom. The van der Waals surface area contributed by atoms with E-state index in [1.165, 1.54) is 50.6 Å². The fourth-order valence-electron chi connectivity index (χ4n) is 7.95. The van der Waals surface area contributed by atoms with Gasteiger partial charge in [-0.25, -0.2) is 4.79 Å². The van der Waals surface area contributed by atoms with Crippen molar-refractivity contribution < 1.29 is 14.7 Å². The lowest BCUT2D eigenvalue weighted by atomic mass is 9.78. The molecule has 0 aromatic heterocycles. The lowest BCUT2D eigenvalue weighted by Crippen LogP contribution is -2.16. The highest BCUT2D eigenvalue weighted by atomic mass is 35.5. The molecule has 6 aromatic carbocycles. The van der Waals surface area contributed by atoms with Crippen molar-refractivity contribution in [1.82, 2.24) is 0 Å². The van der Waals surface area contributed by atoms with Gasteiger partial charge in [0.2, 0.25) is 0 Å². The first-order valence-electron chi connectivity index (χ1n) is 16.2. The summed E-state index contributed by atoms with van der Waals surface area (Å²) in [5.41, 5.74) is 14.2. The van der Waals surface area contributed by atoms with E-state index in [0.29, 0.717) is 21.2 Å². The minimum absolute atomic E-state index is 0.109. The van der Waals surface area contributed by atoms with Gasteiger partial charge in [0.25, 0.3) is 0 Å². The molecule has 0 saturated heterocycles. The van der Waals surface area contributed by atoms with Gasteiger partial charge < -0.3 is 5.11 Å². The maximum Gasteiger partial charge on any atom is 0.336 e. The highest BCUT2D eigenvalue weighted by Gasteiger charge is 2.39. The molecule has 0 heterocycles. The third kappa shape index (κ3) is 5.29. The van der Waals surface area contributed by atoms with Crippen LogP contribution in [0.3, 0.4) is 0 Å². The van der Waals surface area contributed by atoms with Gasteiger partial charge in [0, 0.05) is 26.4 Å². The van der Waals surface area contributed by atoms with Crippen molar-refractivity contribution in [3.8, 4) is 44.5 Å². The Labute approximate surface area is 296 Å². The predicted molar refractivity (Wildman–Crippen MR) is 201 cm³/mol. The topological polar surface area (TPSA) is 54.4 Å². The Balaban J connectivity index is 0.000000154. The van der Waals surface area contributed by atoms with E-state index >= 15 is 0 Å². The zero-order chi connectivity index (χ0) is 34.7. The van der Waals surface area contributed by atoms with Crippen LogP contribution in [-0.4, -0.2) is 17.4 Å². The first-order chi connectivity index (χ1) is 23.4. The molecule has 0 amide bonds. The molecule has 0 fully saturated rings. The molecule has 8 rings (SSSR count). The molecule has 1 N–H and O–H groups in total. The molecule has 5 heteroatoms. The largest absolute Gasteiger partial charge is 0.478 e. The molecule has 0 bridgehead atoms. The van der Waals surface area contributed by atoms with Crippen LogP contribution in [0.1, 0.15) is 70.7 Å². The minimum atomic E-state index is -0.969. The van der Waals surface area contributed by atoms with E-state index in [-0.39, 0.29) is 16.4 Å². The summed E-state index contributed by atoms with van der Waals surface area (Å²) in [4.78, 5) is 23.3. The van der Waals surface area contributed by atoms with Crippen LogP contribution in [-0.2, 0) is 10.8 Å². The monoisotopic (exact) mass is 680 g/mol. The number of carboxylic acids is 1. The van der Waals surface area contributed by atoms with Gasteiger partial charge in [0.05, 0.1) is 5.56 Å². The number of hydrogen-bond acceptors (Lipinski definition) is 2. The number of carbonyl (C=O) groups excluding carboxylic acids is 1. The summed E-state index contributed by atoms with van der Waals surface area (Å²) in [6.45, 7) is 8.88. The van der Waals surface area contributed by atoms with Crippen LogP contribution in [0.15, 0.2) is 121 Å². The number of halogens is 2. The van der Waals surface area contributed by atoms with E-state index in [4.69, 9.17) is 23.2 Å². The first kappa shape index (κ1) is 32.6. The average Bonchev–Trinajstić information content (AvgIpc) is 3.48. The molecular weight excluding hydrogens is 647 g/mol. The van der Waals surface area contributed by atoms with E-state index in [2.05, 4.69) is 94.4 Å². The van der Waals surface area contributed by atoms with Crippen molar-refractivity contribution in [2.45, 2.75) is 38.5 Å². The lowest BCUT2D eigenvalue weighted by molar-refractivity contribution is 0.0697. The van der Waals surface area contributed by atoms with Crippen LogP contribution >= 0.6 is 23.2 Å². The van der Waals surface area contributed by atoms with Gasteiger partial charge in [-0.15, -0.1) is 0 Å². The molecule has 6 aromatic rings. The molecule has 0 unspecified atom stereocenters. The molecule has 2 aliphatic carbocycles. The standard InChI is InChI=1S/C22H17ClO2.C22H17ClO/c1-22(2)19-9-4-3-6-15(19)17-8-5-7-16(20(17)22)14-11-10-13(23)12-18(14)21(24)25;1-22(2)20-9-4-3-6-17(20)19-8-5-7-18(21(19)22)16-11-10-15(23)12-14(16)13-24/h3-12H,1-2H3,(H,24,25);3-13H,1-2H3. The van der Waals surface area contributed by atoms with Crippen LogP contribution in [0, 0.1) is 0 Å². The van der Waals surface area contributed by atoms with E-state index in [1.54, 1.807) is 18.2 Å². The quantitative estimate of drug-likeness (QED) is 0.188. The van der Waals surface area contributed by atoms with Crippen molar-refractivity contribution in [2.24, 2.45) is 0 Å². The van der Waals surface area contributed by atoms with Crippen molar-refractivity contribution >= 4 is 35.5 Å². The van der Waals surface area contributed by atoms with Gasteiger partial charge in [0.1, 0.15) is 0 Å². The zero-order valence-corrected chi connectivity index (χ0v) is 29.2. The van der Waals surface area contributed by atoms with Gasteiger partial charge in [-0.3, -0.25) is 4.79 Å². The highest BCUT2D eigenvalue weighted by molar-refractivity contribution is 6.31. The molecule has 49 heavy (non-hydrogen) atoms. The fourth-order valence-corrected chi connectivity index (χ4v) is 8.30. The van der Waals surface area contributed by atoms with E-state index < -0.39 is 5.97 Å². The number of hydrogen-bond donors (Lipinski definition) is 1. The predicted octanol–water partition coefficient (Wildman–Crippen LogP) is 12.1. The summed E-state index contributed by atoms with van der Waals surface area (Å²) in [6.07, 6.45) is 0.885. The summed E-state index contributed by atoms with van der Waals surface area (Å²) in [7, 11) is 0. The number of fused-ring (bicyclic) bond motifs is 6. The smallest absolute Gasteiger partial charge is 0.336 e. The summed E-state index contributed by atoms with van der Waals surface area (Å²) < 4.78 is 0. The van der Waals surface area contributed by atoms with Crippen LogP contribution < -0.4 is 0 Å². The Kier molecular flexibility index (Phi) is 8.10. The van der Waals surface area contributed by atoms with Crippen molar-refractivity contribution in [3.63, 3.8) is 0 Å². The first-order valence-corrected chi connectivity index (χ1v) is 17.0. The Hall–Kier alpha value is -4.96. The van der Waals surface area contributed by atoms with Crippen LogP contribution in [0.5, 0.6) is 0 Å². The number of aromatic carboxylic acids is 1. The van der Waals surface area contributed by atoms with E-state index in [0.717, 1.165) is 23.0 Å². The zero-order valence-electron chi connectivity index (χ0n) is 27.6. The number of benzene rings is 6. The van der Waals surface area contributed by atoms with Gasteiger partial charge in [-0.05, 0) is 91.0 Å². The second kappa shape index (κ2) is 12.2. The molecular formula is C44H34Cl2O3. The van der Waals surface area contributed by atoms with Gasteiger partial charge in [-0.2, -0.15) is 0 Å². The number of aldehydes is 1. The SMILES string of the molecule is CC1(C)c2ccccc2-c2cccc(-c3ccc(Cl)cc3C(=O)O)c21.CC1(C)c2ccccc2-c2cccc(-c3ccc(Cl)cc3C=O)c21. The fraction of sp³-hybridized carbons (Fsp3) is 0.136. The van der Waals surface area contributed by atoms with Gasteiger partial charge in [0.15, 0.2) is 6.29 Å². The number of rotatable bonds is 4. The molecule has 0 spiro atoms. The molecule has 0 atom stereocenters. The summed E-state index contributed by atoms with van der Waals surface area (Å²) in [5, 5.41) is 10.7. The molecule has 0 saturated carbocycles.